The monoisotopic (exact) mass is 632 g/mol. The maximum absolute atomic E-state index is 12.2. The molecule has 2 aromatic rings. The van der Waals surface area contributed by atoms with Gasteiger partial charge in [-0.3, -0.25) is 17.8 Å². The van der Waals surface area contributed by atoms with E-state index in [0.29, 0.717) is 5.65 Å². The molecular weight excluding hydrogens is 618 g/mol. The molecule has 0 saturated carbocycles. The van der Waals surface area contributed by atoms with Crippen molar-refractivity contribution in [2.75, 3.05) is 19.5 Å². The molecule has 4 heterocycles. The number of ether oxygens (including phenoxy) is 4. The van der Waals surface area contributed by atoms with Crippen molar-refractivity contribution in [3.63, 3.8) is 0 Å². The van der Waals surface area contributed by atoms with Gasteiger partial charge in [-0.25, -0.2) is 15.0 Å². The number of nitrogen functional groups attached to an aromatic ring is 1. The topological polar surface area (TPSA) is 255 Å². The maximum Gasteiger partial charge on any atom is 1.00 e. The third-order valence-electron chi connectivity index (χ3n) is 4.51. The quantitative estimate of drug-likeness (QED) is 0.199. The van der Waals surface area contributed by atoms with Crippen molar-refractivity contribution in [3.8, 4) is 0 Å². The van der Waals surface area contributed by atoms with Crippen molar-refractivity contribution in [1.29, 1.82) is 0 Å². The number of aromatic nitrogens is 4. The van der Waals surface area contributed by atoms with Gasteiger partial charge in [0, 0.05) is 7.11 Å². The Labute approximate surface area is 305 Å². The zero-order valence-corrected chi connectivity index (χ0v) is 31.5. The van der Waals surface area contributed by atoms with Crippen LogP contribution < -0.4 is 139 Å². The smallest absolute Gasteiger partial charge is 0.790 e. The summed E-state index contributed by atoms with van der Waals surface area (Å²) in [6.07, 6.45) is -1.23. The molecule has 0 amide bonds. The van der Waals surface area contributed by atoms with Crippen LogP contribution in [0.25, 0.3) is 11.2 Å². The Bertz CT molecular complexity index is 1230. The van der Waals surface area contributed by atoms with Gasteiger partial charge in [-0.1, -0.05) is 0 Å². The summed E-state index contributed by atoms with van der Waals surface area (Å²) in [5.74, 6) is 0.114. The second-order valence-corrected chi connectivity index (χ2v) is 11.2. The van der Waals surface area contributed by atoms with Crippen LogP contribution in [-0.4, -0.2) is 65.6 Å². The molecule has 2 aliphatic rings. The van der Waals surface area contributed by atoms with E-state index in [1.165, 1.54) is 24.3 Å². The minimum absolute atomic E-state index is 0. The molecule has 187 valence electrons. The molecule has 18 nitrogen and oxygen atoms in total. The Morgan fingerprint density at radius 1 is 1.03 bits per heavy atom. The van der Waals surface area contributed by atoms with Gasteiger partial charge < -0.3 is 60.6 Å². The number of rotatable bonds is 9. The Morgan fingerprint density at radius 3 is 2.26 bits per heavy atom. The number of nitrogens with zero attached hydrogens (tertiary/aromatic N) is 4. The molecule has 3 unspecified atom stereocenters. The molecule has 2 saturated heterocycles. The van der Waals surface area contributed by atoms with Crippen molar-refractivity contribution in [2.45, 2.75) is 31.0 Å². The van der Waals surface area contributed by atoms with E-state index in [4.69, 9.17) is 36.8 Å². The van der Waals surface area contributed by atoms with Gasteiger partial charge in [0.25, 0.3) is 14.3 Å². The van der Waals surface area contributed by atoms with Crippen molar-refractivity contribution >= 4 is 47.7 Å². The number of methoxy groups -OCH3 is 1. The predicted octanol–water partition coefficient (Wildman–Crippen LogP) is -14.3. The van der Waals surface area contributed by atoms with E-state index < -0.39 is 60.7 Å². The van der Waals surface area contributed by atoms with Crippen molar-refractivity contribution in [3.05, 3.63) is 12.7 Å². The van der Waals surface area contributed by atoms with Crippen molar-refractivity contribution < 1.29 is 179 Å². The molecule has 0 aliphatic carbocycles. The van der Waals surface area contributed by atoms with E-state index >= 15 is 0 Å². The van der Waals surface area contributed by atoms with Crippen LogP contribution in [0.1, 0.15) is 6.23 Å². The molecule has 7 atom stereocenters. The Morgan fingerprint density at radius 2 is 1.66 bits per heavy atom. The normalized spacial score (nSPS) is 27.6. The summed E-state index contributed by atoms with van der Waals surface area (Å²) in [6, 6.07) is 0. The van der Waals surface area contributed by atoms with Crippen LogP contribution in [0.3, 0.4) is 0 Å². The fourth-order valence-corrected chi connectivity index (χ4v) is 6.33. The molecule has 3 radical (unpaired) electrons. The van der Waals surface area contributed by atoms with E-state index in [2.05, 4.69) is 23.6 Å². The van der Waals surface area contributed by atoms with Gasteiger partial charge in [0.1, 0.15) is 30.2 Å². The van der Waals surface area contributed by atoms with Crippen LogP contribution in [-0.2, 0) is 45.8 Å². The van der Waals surface area contributed by atoms with Gasteiger partial charge in [-0.05, 0) is 0 Å². The molecule has 26 heteroatoms. The van der Waals surface area contributed by atoms with Crippen molar-refractivity contribution in [2.24, 2.45) is 0 Å². The number of nitrogens with two attached hydrogens (primary N) is 1. The number of phosphoric acid groups is 2. The number of hydrogen-bond donors (Lipinski definition) is 1. The second-order valence-electron chi connectivity index (χ2n) is 6.77. The van der Waals surface area contributed by atoms with Crippen LogP contribution in [0.4, 0.5) is 5.82 Å². The third-order valence-corrected chi connectivity index (χ3v) is 8.33. The second kappa shape index (κ2) is 16.1. The average molecular weight is 632 g/mol. The molecular formula is C12H14BN5Na4O13P3. The maximum atomic E-state index is 12.2. The summed E-state index contributed by atoms with van der Waals surface area (Å²) >= 11 is 0. The first-order chi connectivity index (χ1) is 15.8. The minimum atomic E-state index is -6.03. The largest absolute Gasteiger partial charge is 1.00 e. The number of imidazole rings is 1. The van der Waals surface area contributed by atoms with Gasteiger partial charge in [0.15, 0.2) is 17.7 Å². The molecule has 2 N–H and O–H groups in total. The fraction of sp³-hybridized carbons (Fsp3) is 0.583. The van der Waals surface area contributed by atoms with E-state index in [1.54, 1.807) is 0 Å². The van der Waals surface area contributed by atoms with Gasteiger partial charge in [-0.2, -0.15) is 0 Å². The third kappa shape index (κ3) is 10.1. The Hall–Kier alpha value is 2.70. The van der Waals surface area contributed by atoms with E-state index in [-0.39, 0.29) is 130 Å². The molecule has 0 spiro atoms. The first-order valence-electron chi connectivity index (χ1n) is 9.00. The first kappa shape index (κ1) is 40.7. The zero-order valence-electron chi connectivity index (χ0n) is 20.8. The minimum Gasteiger partial charge on any atom is -0.790 e. The molecule has 2 aliphatic heterocycles. The van der Waals surface area contributed by atoms with E-state index in [9.17, 15) is 28.4 Å². The van der Waals surface area contributed by atoms with Crippen LogP contribution >= 0.6 is 23.1 Å². The van der Waals surface area contributed by atoms with Gasteiger partial charge in [0.05, 0.1) is 28.2 Å². The Kier molecular flexibility index (Phi) is 17.3. The molecule has 38 heavy (non-hydrogen) atoms. The van der Waals surface area contributed by atoms with Gasteiger partial charge in [0.2, 0.25) is 0 Å². The van der Waals surface area contributed by atoms with Crippen LogP contribution in [0, 0.1) is 0 Å². The van der Waals surface area contributed by atoms with Gasteiger partial charge >= 0.3 is 118 Å². The van der Waals surface area contributed by atoms with Crippen LogP contribution in [0.2, 0.25) is 0 Å². The summed E-state index contributed by atoms with van der Waals surface area (Å²) in [6.45, 7) is -1.81. The van der Waals surface area contributed by atoms with Crippen molar-refractivity contribution in [1.82, 2.24) is 19.5 Å². The molecule has 2 fully saturated rings. The average Bonchev–Trinajstić information content (AvgIpc) is 3.37. The summed E-state index contributed by atoms with van der Waals surface area (Å²) in [7, 11) is -10.5. The summed E-state index contributed by atoms with van der Waals surface area (Å²) in [5.41, 5.74) is 6.37. The zero-order chi connectivity index (χ0) is 24.9. The van der Waals surface area contributed by atoms with Crippen LogP contribution in [0.5, 0.6) is 0 Å². The van der Waals surface area contributed by atoms with E-state index in [0.717, 1.165) is 0 Å². The molecule has 0 aromatic carbocycles. The summed E-state index contributed by atoms with van der Waals surface area (Å²) in [4.78, 5) is 44.5. The van der Waals surface area contributed by atoms with Crippen LogP contribution in [0.15, 0.2) is 12.7 Å². The SMILES string of the molecule is [B-]P(=O)(OC[C@H]1O[C@@H](n2cnc3c(N)ncnc32)[C@@H]2OC(OC)O[C@@H]21)OP(=O)([O-])OP(=O)([O-])[O-].[Na+].[Na+].[Na+].[Na+]. The number of anilines is 1. The summed E-state index contributed by atoms with van der Waals surface area (Å²) < 4.78 is 69.6. The molecule has 0 bridgehead atoms. The summed E-state index contributed by atoms with van der Waals surface area (Å²) in [5, 5.41) is 0. The first-order valence-corrected chi connectivity index (χ1v) is 13.5. The Balaban J connectivity index is 0.00000342. The standard InChI is InChI=1S/C12H17BN5O13P3.4Na/c1-25-12-28-7-5(2-26-32(13,19)30-34(23,24)31-33(20,21)22)27-11(8(7)29-12)18-4-17-6-9(14)15-3-16-10(6)18;;;;/h3-5,7-8,11-12H,2H2,1H3,(H,23,24)(H2,14,15,16)(H2,20,21,22);;;;/q-1;4*+1/p-3/t5-,7-,8-,11-,12?,32?;;;;/m1..../s1. The fourth-order valence-electron chi connectivity index (χ4n) is 3.31. The van der Waals surface area contributed by atoms with E-state index in [1.807, 2.05) is 0 Å². The molecule has 2 aromatic heterocycles. The number of fused-ring (bicyclic) bond motifs is 2. The number of hydrogen-bond acceptors (Lipinski definition) is 17. The van der Waals surface area contributed by atoms with Gasteiger partial charge in [-0.15, -0.1) is 0 Å². The molecule has 4 rings (SSSR count). The predicted molar refractivity (Wildman–Crippen MR) is 101 cm³/mol.